The second kappa shape index (κ2) is 6.88. The summed E-state index contributed by atoms with van der Waals surface area (Å²) in [7, 11) is 0. The lowest BCUT2D eigenvalue weighted by Gasteiger charge is -2.12. The molecule has 0 spiro atoms. The van der Waals surface area contributed by atoms with Crippen LogP contribution in [0.15, 0.2) is 29.6 Å². The Labute approximate surface area is 129 Å². The van der Waals surface area contributed by atoms with E-state index in [9.17, 15) is 9.59 Å². The molecule has 0 aliphatic rings. The quantitative estimate of drug-likeness (QED) is 0.854. The van der Waals surface area contributed by atoms with Crippen molar-refractivity contribution in [2.75, 3.05) is 6.61 Å². The van der Waals surface area contributed by atoms with Gasteiger partial charge in [0.2, 0.25) is 0 Å². The van der Waals surface area contributed by atoms with Gasteiger partial charge in [0, 0.05) is 4.88 Å². The molecule has 0 unspecified atom stereocenters. The number of amides is 1. The van der Waals surface area contributed by atoms with Crippen LogP contribution in [0.3, 0.4) is 0 Å². The fourth-order valence-electron chi connectivity index (χ4n) is 1.52. The molecular weight excluding hydrogens is 318 g/mol. The predicted molar refractivity (Wildman–Crippen MR) is 80.5 cm³/mol. The predicted octanol–water partition coefficient (Wildman–Crippen LogP) is 3.50. The van der Waals surface area contributed by atoms with Gasteiger partial charge < -0.3 is 10.1 Å². The molecule has 1 atom stereocenters. The maximum absolute atomic E-state index is 11.7. The van der Waals surface area contributed by atoms with Crippen molar-refractivity contribution in [3.8, 4) is 0 Å². The van der Waals surface area contributed by atoms with Crippen molar-refractivity contribution in [1.29, 1.82) is 0 Å². The zero-order valence-electron chi connectivity index (χ0n) is 10.6. The number of carbonyl (C=O) groups is 2. The highest BCUT2D eigenvalue weighted by molar-refractivity contribution is 7.17. The largest absolute Gasteiger partial charge is 0.451 e. The first-order valence-corrected chi connectivity index (χ1v) is 7.89. The summed E-state index contributed by atoms with van der Waals surface area (Å²) in [5, 5.41) is 4.71. The van der Waals surface area contributed by atoms with Crippen LogP contribution in [-0.2, 0) is 9.53 Å². The Morgan fingerprint density at radius 2 is 2.20 bits per heavy atom. The van der Waals surface area contributed by atoms with Crippen LogP contribution >= 0.6 is 34.3 Å². The molecular formula is C13H12ClNO3S2. The molecule has 0 radical (unpaired) electrons. The lowest BCUT2D eigenvalue weighted by atomic mass is 10.3. The molecule has 0 aliphatic carbocycles. The van der Waals surface area contributed by atoms with Gasteiger partial charge >= 0.3 is 5.97 Å². The number of nitrogens with one attached hydrogen (secondary N) is 1. The Kier molecular flexibility index (Phi) is 5.17. The molecule has 0 bridgehead atoms. The van der Waals surface area contributed by atoms with Gasteiger partial charge in [0.05, 0.1) is 10.4 Å². The first-order chi connectivity index (χ1) is 9.56. The third-order valence-corrected chi connectivity index (χ3v) is 4.72. The number of hydrogen-bond donors (Lipinski definition) is 1. The van der Waals surface area contributed by atoms with Crippen molar-refractivity contribution in [1.82, 2.24) is 5.32 Å². The smallest absolute Gasteiger partial charge is 0.348 e. The normalized spacial score (nSPS) is 11.9. The Bertz CT molecular complexity index is 595. The van der Waals surface area contributed by atoms with E-state index in [0.29, 0.717) is 9.21 Å². The van der Waals surface area contributed by atoms with Gasteiger partial charge in [-0.15, -0.1) is 22.7 Å². The third-order valence-electron chi connectivity index (χ3n) is 2.46. The van der Waals surface area contributed by atoms with Crippen LogP contribution < -0.4 is 5.32 Å². The average Bonchev–Trinajstić information content (AvgIpc) is 3.06. The van der Waals surface area contributed by atoms with Gasteiger partial charge in [-0.05, 0) is 30.5 Å². The van der Waals surface area contributed by atoms with Crippen molar-refractivity contribution >= 4 is 46.2 Å². The van der Waals surface area contributed by atoms with E-state index in [1.54, 1.807) is 23.5 Å². The molecule has 7 heteroatoms. The maximum Gasteiger partial charge on any atom is 0.348 e. The summed E-state index contributed by atoms with van der Waals surface area (Å²) in [5.74, 6) is -0.872. The van der Waals surface area contributed by atoms with Crippen molar-refractivity contribution in [3.05, 3.63) is 43.7 Å². The zero-order chi connectivity index (χ0) is 14.5. The van der Waals surface area contributed by atoms with Crippen LogP contribution in [0.5, 0.6) is 0 Å². The van der Waals surface area contributed by atoms with E-state index in [4.69, 9.17) is 16.3 Å². The zero-order valence-corrected chi connectivity index (χ0v) is 13.0. The molecule has 0 saturated carbocycles. The number of carbonyl (C=O) groups excluding carboxylic acids is 2. The minimum Gasteiger partial charge on any atom is -0.451 e. The Hall–Kier alpha value is -1.37. The van der Waals surface area contributed by atoms with Crippen LogP contribution in [0, 0.1) is 0 Å². The molecule has 2 aromatic heterocycles. The highest BCUT2D eigenvalue weighted by Crippen LogP contribution is 2.22. The summed E-state index contributed by atoms with van der Waals surface area (Å²) < 4.78 is 5.43. The van der Waals surface area contributed by atoms with Gasteiger partial charge in [-0.2, -0.15) is 0 Å². The molecule has 1 N–H and O–H groups in total. The number of halogens is 1. The third kappa shape index (κ3) is 4.06. The van der Waals surface area contributed by atoms with Gasteiger partial charge in [0.15, 0.2) is 6.61 Å². The second-order valence-corrected chi connectivity index (χ2v) is 6.68. The summed E-state index contributed by atoms with van der Waals surface area (Å²) in [6.45, 7) is 1.58. The van der Waals surface area contributed by atoms with Crippen molar-refractivity contribution in [3.63, 3.8) is 0 Å². The van der Waals surface area contributed by atoms with Crippen LogP contribution in [-0.4, -0.2) is 18.5 Å². The molecule has 1 amide bonds. The van der Waals surface area contributed by atoms with Gasteiger partial charge in [0.25, 0.3) is 5.91 Å². The Balaban J connectivity index is 1.79. The highest BCUT2D eigenvalue weighted by atomic mass is 35.5. The van der Waals surface area contributed by atoms with Crippen molar-refractivity contribution < 1.29 is 14.3 Å². The maximum atomic E-state index is 11.7. The summed E-state index contributed by atoms with van der Waals surface area (Å²) >= 11 is 8.41. The van der Waals surface area contributed by atoms with E-state index >= 15 is 0 Å². The molecule has 0 aromatic carbocycles. The number of esters is 1. The molecule has 20 heavy (non-hydrogen) atoms. The molecule has 0 fully saturated rings. The topological polar surface area (TPSA) is 55.4 Å². The summed E-state index contributed by atoms with van der Waals surface area (Å²) in [5.41, 5.74) is 0. The standard InChI is InChI=1S/C13H12ClNO3S2/c1-8(9-3-2-6-19-9)15-12(16)7-18-13(17)10-4-5-11(14)20-10/h2-6,8H,7H2,1H3,(H,15,16)/t8-/m1/s1. The number of hydrogen-bond acceptors (Lipinski definition) is 5. The van der Waals surface area contributed by atoms with E-state index in [2.05, 4.69) is 5.32 Å². The Morgan fingerprint density at radius 1 is 1.40 bits per heavy atom. The summed E-state index contributed by atoms with van der Waals surface area (Å²) in [6, 6.07) is 6.94. The minimum absolute atomic E-state index is 0.0996. The Morgan fingerprint density at radius 3 is 2.80 bits per heavy atom. The summed E-state index contributed by atoms with van der Waals surface area (Å²) in [4.78, 5) is 24.7. The van der Waals surface area contributed by atoms with Gasteiger partial charge in [-0.1, -0.05) is 17.7 Å². The van der Waals surface area contributed by atoms with E-state index in [-0.39, 0.29) is 18.6 Å². The second-order valence-electron chi connectivity index (χ2n) is 3.98. The SMILES string of the molecule is C[C@@H](NC(=O)COC(=O)c1ccc(Cl)s1)c1cccs1. The number of thiophene rings is 2. The molecule has 4 nitrogen and oxygen atoms in total. The lowest BCUT2D eigenvalue weighted by Crippen LogP contribution is -2.30. The van der Waals surface area contributed by atoms with Crippen LogP contribution in [0.1, 0.15) is 27.5 Å². The monoisotopic (exact) mass is 329 g/mol. The van der Waals surface area contributed by atoms with Gasteiger partial charge in [-0.3, -0.25) is 4.79 Å². The molecule has 0 saturated heterocycles. The molecule has 2 aromatic rings. The van der Waals surface area contributed by atoms with Crippen LogP contribution in [0.25, 0.3) is 0 Å². The van der Waals surface area contributed by atoms with Gasteiger partial charge in [0.1, 0.15) is 4.88 Å². The van der Waals surface area contributed by atoms with E-state index in [0.717, 1.165) is 16.2 Å². The molecule has 2 heterocycles. The first kappa shape index (κ1) is 15.0. The van der Waals surface area contributed by atoms with Crippen LogP contribution in [0.2, 0.25) is 4.34 Å². The minimum atomic E-state index is -0.541. The lowest BCUT2D eigenvalue weighted by molar-refractivity contribution is -0.124. The van der Waals surface area contributed by atoms with Crippen molar-refractivity contribution in [2.45, 2.75) is 13.0 Å². The first-order valence-electron chi connectivity index (χ1n) is 5.81. The summed E-state index contributed by atoms with van der Waals surface area (Å²) in [6.07, 6.45) is 0. The van der Waals surface area contributed by atoms with E-state index in [1.807, 2.05) is 24.4 Å². The fourth-order valence-corrected chi connectivity index (χ4v) is 3.19. The van der Waals surface area contributed by atoms with E-state index < -0.39 is 5.97 Å². The van der Waals surface area contributed by atoms with Gasteiger partial charge in [-0.25, -0.2) is 4.79 Å². The number of ether oxygens (including phenoxy) is 1. The fraction of sp³-hybridized carbons (Fsp3) is 0.231. The van der Waals surface area contributed by atoms with Crippen molar-refractivity contribution in [2.24, 2.45) is 0 Å². The molecule has 2 rings (SSSR count). The molecule has 106 valence electrons. The highest BCUT2D eigenvalue weighted by Gasteiger charge is 2.14. The van der Waals surface area contributed by atoms with E-state index in [1.165, 1.54) is 0 Å². The van der Waals surface area contributed by atoms with Crippen LogP contribution in [0.4, 0.5) is 0 Å². The molecule has 0 aliphatic heterocycles. The number of rotatable bonds is 5. The average molecular weight is 330 g/mol.